The molecule has 5 heteroatoms. The summed E-state index contributed by atoms with van der Waals surface area (Å²) in [4.78, 5) is 0. The third kappa shape index (κ3) is 3.28. The molecular weight excluding hydrogens is 293 g/mol. The van der Waals surface area contributed by atoms with Gasteiger partial charge in [-0.15, -0.1) is 0 Å². The molecule has 0 heterocycles. The molecule has 3 nitrogen and oxygen atoms in total. The second kappa shape index (κ2) is 6.78. The Hall–Kier alpha value is -1.78. The minimum Gasteiger partial charge on any atom is -0.497 e. The molecule has 0 amide bonds. The van der Waals surface area contributed by atoms with Crippen molar-refractivity contribution in [3.05, 3.63) is 58.4 Å². The van der Waals surface area contributed by atoms with Crippen molar-refractivity contribution in [1.82, 2.24) is 5.32 Å². The van der Waals surface area contributed by atoms with Gasteiger partial charge in [0.2, 0.25) is 0 Å². The second-order valence-corrected chi connectivity index (χ2v) is 4.90. The topological polar surface area (TPSA) is 30.5 Å². The van der Waals surface area contributed by atoms with Crippen molar-refractivity contribution in [1.29, 1.82) is 0 Å². The quantitative estimate of drug-likeness (QED) is 0.911. The summed E-state index contributed by atoms with van der Waals surface area (Å²) in [6.45, 7) is 0. The highest BCUT2D eigenvalue weighted by molar-refractivity contribution is 6.31. The molecule has 1 unspecified atom stereocenters. The van der Waals surface area contributed by atoms with E-state index in [2.05, 4.69) is 5.32 Å². The average molecular weight is 310 g/mol. The van der Waals surface area contributed by atoms with Gasteiger partial charge in [-0.25, -0.2) is 4.39 Å². The van der Waals surface area contributed by atoms with E-state index in [4.69, 9.17) is 21.1 Å². The van der Waals surface area contributed by atoms with Gasteiger partial charge in [0.25, 0.3) is 0 Å². The molecule has 0 aliphatic heterocycles. The van der Waals surface area contributed by atoms with Crippen molar-refractivity contribution in [2.45, 2.75) is 6.04 Å². The van der Waals surface area contributed by atoms with Gasteiger partial charge >= 0.3 is 0 Å². The maximum Gasteiger partial charge on any atom is 0.127 e. The Morgan fingerprint density at radius 3 is 2.43 bits per heavy atom. The summed E-state index contributed by atoms with van der Waals surface area (Å²) in [6.07, 6.45) is 0. The number of benzene rings is 2. The normalized spacial score (nSPS) is 12.0. The summed E-state index contributed by atoms with van der Waals surface area (Å²) >= 11 is 6.20. The SMILES string of the molecule is CNC(c1cc(F)ccc1Cl)c1ccc(OC)cc1OC. The van der Waals surface area contributed by atoms with Gasteiger partial charge in [0.05, 0.1) is 20.3 Å². The second-order valence-electron chi connectivity index (χ2n) is 4.50. The van der Waals surface area contributed by atoms with Gasteiger partial charge in [0.1, 0.15) is 17.3 Å². The Morgan fingerprint density at radius 2 is 1.81 bits per heavy atom. The van der Waals surface area contributed by atoms with Crippen LogP contribution in [0.1, 0.15) is 17.2 Å². The first kappa shape index (κ1) is 15.6. The Morgan fingerprint density at radius 1 is 1.05 bits per heavy atom. The Balaban J connectivity index is 2.53. The van der Waals surface area contributed by atoms with Crippen LogP contribution in [0.2, 0.25) is 5.02 Å². The third-order valence-corrected chi connectivity index (χ3v) is 3.65. The molecule has 0 fully saturated rings. The van der Waals surface area contributed by atoms with Gasteiger partial charge in [-0.1, -0.05) is 11.6 Å². The van der Waals surface area contributed by atoms with Crippen LogP contribution in [0.4, 0.5) is 4.39 Å². The Labute approximate surface area is 128 Å². The van der Waals surface area contributed by atoms with Crippen LogP contribution in [0.3, 0.4) is 0 Å². The summed E-state index contributed by atoms with van der Waals surface area (Å²) in [7, 11) is 4.96. The molecule has 0 bridgehead atoms. The standard InChI is InChI=1S/C16H17ClFNO2/c1-19-16(13-8-10(18)4-7-14(13)17)12-6-5-11(20-2)9-15(12)21-3/h4-9,16,19H,1-3H3. The number of nitrogens with one attached hydrogen (secondary N) is 1. The van der Waals surface area contributed by atoms with Crippen LogP contribution < -0.4 is 14.8 Å². The number of hydrogen-bond donors (Lipinski definition) is 1. The zero-order valence-electron chi connectivity index (χ0n) is 12.1. The fourth-order valence-electron chi connectivity index (χ4n) is 2.27. The van der Waals surface area contributed by atoms with E-state index < -0.39 is 0 Å². The third-order valence-electron chi connectivity index (χ3n) is 3.31. The van der Waals surface area contributed by atoms with Crippen molar-refractivity contribution in [3.63, 3.8) is 0 Å². The molecule has 0 saturated heterocycles. The summed E-state index contributed by atoms with van der Waals surface area (Å²) < 4.78 is 24.1. The molecule has 2 aromatic carbocycles. The fraction of sp³-hybridized carbons (Fsp3) is 0.250. The highest BCUT2D eigenvalue weighted by Gasteiger charge is 2.20. The zero-order chi connectivity index (χ0) is 15.4. The lowest BCUT2D eigenvalue weighted by Crippen LogP contribution is -2.19. The highest BCUT2D eigenvalue weighted by Crippen LogP contribution is 2.35. The molecule has 21 heavy (non-hydrogen) atoms. The molecule has 2 rings (SSSR count). The predicted octanol–water partition coefficient (Wildman–Crippen LogP) is 3.81. The lowest BCUT2D eigenvalue weighted by molar-refractivity contribution is 0.388. The van der Waals surface area contributed by atoms with Crippen molar-refractivity contribution >= 4 is 11.6 Å². The molecule has 1 atom stereocenters. The zero-order valence-corrected chi connectivity index (χ0v) is 12.9. The number of ether oxygens (including phenoxy) is 2. The maximum atomic E-state index is 13.5. The largest absolute Gasteiger partial charge is 0.497 e. The Bertz CT molecular complexity index is 634. The monoisotopic (exact) mass is 309 g/mol. The number of methoxy groups -OCH3 is 2. The van der Waals surface area contributed by atoms with Gasteiger partial charge in [0.15, 0.2) is 0 Å². The molecule has 2 aromatic rings. The molecule has 0 saturated carbocycles. The fourth-order valence-corrected chi connectivity index (χ4v) is 2.50. The van der Waals surface area contributed by atoms with Crippen LogP contribution in [-0.4, -0.2) is 21.3 Å². The molecule has 0 aromatic heterocycles. The molecule has 112 valence electrons. The number of hydrogen-bond acceptors (Lipinski definition) is 3. The van der Waals surface area contributed by atoms with Crippen LogP contribution in [0.5, 0.6) is 11.5 Å². The number of rotatable bonds is 5. The van der Waals surface area contributed by atoms with Crippen molar-refractivity contribution in [2.75, 3.05) is 21.3 Å². The van der Waals surface area contributed by atoms with Gasteiger partial charge in [-0.2, -0.15) is 0 Å². The van der Waals surface area contributed by atoms with Crippen LogP contribution in [0.25, 0.3) is 0 Å². The van der Waals surface area contributed by atoms with E-state index in [0.717, 1.165) is 5.56 Å². The van der Waals surface area contributed by atoms with E-state index >= 15 is 0 Å². The molecular formula is C16H17ClFNO2. The maximum absolute atomic E-state index is 13.5. The molecule has 0 aliphatic carbocycles. The molecule has 1 N–H and O–H groups in total. The van der Waals surface area contributed by atoms with Crippen molar-refractivity contribution in [3.8, 4) is 11.5 Å². The van der Waals surface area contributed by atoms with E-state index in [1.807, 2.05) is 12.1 Å². The first-order valence-electron chi connectivity index (χ1n) is 6.44. The lowest BCUT2D eigenvalue weighted by atomic mass is 9.97. The van der Waals surface area contributed by atoms with E-state index in [1.54, 1.807) is 33.4 Å². The van der Waals surface area contributed by atoms with Crippen LogP contribution in [0, 0.1) is 5.82 Å². The minimum absolute atomic E-state index is 0.283. The summed E-state index contributed by atoms with van der Waals surface area (Å²) in [6, 6.07) is 9.51. The molecule has 0 spiro atoms. The summed E-state index contributed by atoms with van der Waals surface area (Å²) in [5.41, 5.74) is 1.51. The van der Waals surface area contributed by atoms with Gasteiger partial charge in [0, 0.05) is 16.7 Å². The van der Waals surface area contributed by atoms with Gasteiger partial charge in [-0.05, 0) is 42.9 Å². The van der Waals surface area contributed by atoms with Gasteiger partial charge in [-0.3, -0.25) is 0 Å². The highest BCUT2D eigenvalue weighted by atomic mass is 35.5. The summed E-state index contributed by atoms with van der Waals surface area (Å²) in [5, 5.41) is 3.64. The van der Waals surface area contributed by atoms with E-state index in [-0.39, 0.29) is 11.9 Å². The average Bonchev–Trinajstić information content (AvgIpc) is 2.51. The van der Waals surface area contributed by atoms with Crippen LogP contribution in [0.15, 0.2) is 36.4 Å². The van der Waals surface area contributed by atoms with E-state index in [0.29, 0.717) is 22.1 Å². The van der Waals surface area contributed by atoms with E-state index in [1.165, 1.54) is 12.1 Å². The van der Waals surface area contributed by atoms with Gasteiger partial charge < -0.3 is 14.8 Å². The predicted molar refractivity (Wildman–Crippen MR) is 81.9 cm³/mol. The van der Waals surface area contributed by atoms with Crippen LogP contribution in [-0.2, 0) is 0 Å². The summed E-state index contributed by atoms with van der Waals surface area (Å²) in [5.74, 6) is 1.01. The lowest BCUT2D eigenvalue weighted by Gasteiger charge is -2.21. The Kier molecular flexibility index (Phi) is 5.04. The first-order chi connectivity index (χ1) is 10.1. The van der Waals surface area contributed by atoms with E-state index in [9.17, 15) is 4.39 Å². The molecule has 0 aliphatic rings. The number of halogens is 2. The minimum atomic E-state index is -0.331. The van der Waals surface area contributed by atoms with Crippen LogP contribution >= 0.6 is 11.6 Å². The first-order valence-corrected chi connectivity index (χ1v) is 6.82. The smallest absolute Gasteiger partial charge is 0.127 e. The van der Waals surface area contributed by atoms with Crippen molar-refractivity contribution < 1.29 is 13.9 Å². The van der Waals surface area contributed by atoms with Crippen molar-refractivity contribution in [2.24, 2.45) is 0 Å². The molecule has 0 radical (unpaired) electrons.